The molecule has 0 aromatic carbocycles. The molecule has 1 aromatic heterocycles. The van der Waals surface area contributed by atoms with Crippen molar-refractivity contribution in [1.29, 1.82) is 0 Å². The Labute approximate surface area is 113 Å². The van der Waals surface area contributed by atoms with Gasteiger partial charge in [0, 0.05) is 18.6 Å². The number of nitrogens with two attached hydrogens (primary N) is 1. The topological polar surface area (TPSA) is 93.0 Å². The summed E-state index contributed by atoms with van der Waals surface area (Å²) in [5.41, 5.74) is 7.54. The third-order valence-electron chi connectivity index (χ3n) is 3.63. The molecule has 1 aromatic rings. The standard InChI is InChI=1S/C13H22N4O2/c1-3-4-10-11(14)12(17-16-10)13(18)15-8(2)9-5-6-19-7-9/h8-9H,3-7,14H2,1-2H3,(H,15,18)(H,16,17). The number of hydrogen-bond acceptors (Lipinski definition) is 4. The van der Waals surface area contributed by atoms with E-state index < -0.39 is 0 Å². The minimum absolute atomic E-state index is 0.0701. The van der Waals surface area contributed by atoms with E-state index in [0.29, 0.717) is 23.9 Å². The number of anilines is 1. The molecule has 1 fully saturated rings. The molecule has 19 heavy (non-hydrogen) atoms. The lowest BCUT2D eigenvalue weighted by Crippen LogP contribution is -2.38. The van der Waals surface area contributed by atoms with Crippen molar-refractivity contribution in [2.45, 2.75) is 39.2 Å². The molecule has 6 heteroatoms. The van der Waals surface area contributed by atoms with Gasteiger partial charge in [-0.2, -0.15) is 5.10 Å². The fourth-order valence-corrected chi connectivity index (χ4v) is 2.34. The van der Waals surface area contributed by atoms with Crippen LogP contribution in [-0.4, -0.2) is 35.4 Å². The SMILES string of the molecule is CCCc1[nH]nc(C(=O)NC(C)C2CCOC2)c1N. The van der Waals surface area contributed by atoms with Gasteiger partial charge in [0.2, 0.25) is 0 Å². The second-order valence-electron chi connectivity index (χ2n) is 5.10. The van der Waals surface area contributed by atoms with Gasteiger partial charge in [-0.05, 0) is 19.8 Å². The van der Waals surface area contributed by atoms with Crippen molar-refractivity contribution in [2.24, 2.45) is 5.92 Å². The monoisotopic (exact) mass is 266 g/mol. The molecule has 0 bridgehead atoms. The third-order valence-corrected chi connectivity index (χ3v) is 3.63. The van der Waals surface area contributed by atoms with Gasteiger partial charge in [-0.3, -0.25) is 9.89 Å². The van der Waals surface area contributed by atoms with Crippen LogP contribution >= 0.6 is 0 Å². The van der Waals surface area contributed by atoms with Crippen molar-refractivity contribution in [2.75, 3.05) is 18.9 Å². The van der Waals surface area contributed by atoms with Crippen LogP contribution in [0.5, 0.6) is 0 Å². The highest BCUT2D eigenvalue weighted by Crippen LogP contribution is 2.19. The van der Waals surface area contributed by atoms with Gasteiger partial charge in [0.25, 0.3) is 5.91 Å². The Balaban J connectivity index is 1.99. The van der Waals surface area contributed by atoms with E-state index in [0.717, 1.165) is 31.6 Å². The summed E-state index contributed by atoms with van der Waals surface area (Å²) in [6.07, 6.45) is 2.75. The predicted molar refractivity (Wildman–Crippen MR) is 72.8 cm³/mol. The maximum Gasteiger partial charge on any atom is 0.274 e. The van der Waals surface area contributed by atoms with Crippen LogP contribution in [-0.2, 0) is 11.2 Å². The summed E-state index contributed by atoms with van der Waals surface area (Å²) in [5, 5.41) is 9.81. The first kappa shape index (κ1) is 13.9. The van der Waals surface area contributed by atoms with E-state index in [9.17, 15) is 4.79 Å². The van der Waals surface area contributed by atoms with Crippen molar-refractivity contribution >= 4 is 11.6 Å². The Morgan fingerprint density at radius 1 is 1.68 bits per heavy atom. The molecule has 1 aliphatic rings. The van der Waals surface area contributed by atoms with E-state index in [4.69, 9.17) is 10.5 Å². The molecule has 1 amide bonds. The van der Waals surface area contributed by atoms with Crippen LogP contribution in [0.25, 0.3) is 0 Å². The number of aromatic nitrogens is 2. The molecule has 0 radical (unpaired) electrons. The highest BCUT2D eigenvalue weighted by atomic mass is 16.5. The molecule has 0 aliphatic carbocycles. The molecular formula is C13H22N4O2. The van der Waals surface area contributed by atoms with Crippen LogP contribution in [0.15, 0.2) is 0 Å². The summed E-state index contributed by atoms with van der Waals surface area (Å²) >= 11 is 0. The van der Waals surface area contributed by atoms with Gasteiger partial charge in [0.1, 0.15) is 0 Å². The molecule has 0 spiro atoms. The third kappa shape index (κ3) is 3.07. The Bertz CT molecular complexity index is 438. The zero-order chi connectivity index (χ0) is 13.8. The largest absolute Gasteiger partial charge is 0.395 e. The maximum atomic E-state index is 12.1. The average Bonchev–Trinajstić information content (AvgIpc) is 3.01. The second kappa shape index (κ2) is 6.06. The molecule has 106 valence electrons. The molecule has 6 nitrogen and oxygen atoms in total. The van der Waals surface area contributed by atoms with Crippen LogP contribution in [0.2, 0.25) is 0 Å². The molecule has 2 heterocycles. The molecule has 0 saturated carbocycles. The first-order valence-electron chi connectivity index (χ1n) is 6.84. The summed E-state index contributed by atoms with van der Waals surface area (Å²) in [5.74, 6) is 0.162. The minimum atomic E-state index is -0.212. The van der Waals surface area contributed by atoms with Crippen molar-refractivity contribution < 1.29 is 9.53 Å². The Hall–Kier alpha value is -1.56. The smallest absolute Gasteiger partial charge is 0.274 e. The predicted octanol–water partition coefficient (Wildman–Crippen LogP) is 1.10. The van der Waals surface area contributed by atoms with E-state index >= 15 is 0 Å². The number of carbonyl (C=O) groups excluding carboxylic acids is 1. The lowest BCUT2D eigenvalue weighted by atomic mass is 10.0. The number of nitrogens with zero attached hydrogens (tertiary/aromatic N) is 1. The van der Waals surface area contributed by atoms with Crippen molar-refractivity contribution in [1.82, 2.24) is 15.5 Å². The quantitative estimate of drug-likeness (QED) is 0.744. The Morgan fingerprint density at radius 3 is 3.11 bits per heavy atom. The molecule has 1 aliphatic heterocycles. The van der Waals surface area contributed by atoms with Crippen LogP contribution in [0.1, 0.15) is 42.9 Å². The van der Waals surface area contributed by atoms with Crippen LogP contribution in [0, 0.1) is 5.92 Å². The van der Waals surface area contributed by atoms with E-state index in [1.165, 1.54) is 0 Å². The average molecular weight is 266 g/mol. The minimum Gasteiger partial charge on any atom is -0.395 e. The van der Waals surface area contributed by atoms with Crippen molar-refractivity contribution in [3.63, 3.8) is 0 Å². The lowest BCUT2D eigenvalue weighted by molar-refractivity contribution is 0.0918. The first-order chi connectivity index (χ1) is 9.13. The van der Waals surface area contributed by atoms with Gasteiger partial charge in [-0.25, -0.2) is 0 Å². The summed E-state index contributed by atoms with van der Waals surface area (Å²) in [7, 11) is 0. The summed E-state index contributed by atoms with van der Waals surface area (Å²) in [6.45, 7) is 5.53. The number of nitrogen functional groups attached to an aromatic ring is 1. The molecule has 4 N–H and O–H groups in total. The normalized spacial score (nSPS) is 20.4. The van der Waals surface area contributed by atoms with Crippen molar-refractivity contribution in [3.05, 3.63) is 11.4 Å². The zero-order valence-electron chi connectivity index (χ0n) is 11.5. The fraction of sp³-hybridized carbons (Fsp3) is 0.692. The molecular weight excluding hydrogens is 244 g/mol. The number of aromatic amines is 1. The number of ether oxygens (including phenoxy) is 1. The highest BCUT2D eigenvalue weighted by Gasteiger charge is 2.25. The Kier molecular flexibility index (Phi) is 4.42. The zero-order valence-corrected chi connectivity index (χ0v) is 11.5. The van der Waals surface area contributed by atoms with Gasteiger partial charge in [0.05, 0.1) is 18.0 Å². The van der Waals surface area contributed by atoms with E-state index in [-0.39, 0.29) is 11.9 Å². The van der Waals surface area contributed by atoms with Gasteiger partial charge < -0.3 is 15.8 Å². The van der Waals surface area contributed by atoms with Gasteiger partial charge in [0.15, 0.2) is 5.69 Å². The van der Waals surface area contributed by atoms with E-state index in [2.05, 4.69) is 22.4 Å². The summed E-state index contributed by atoms with van der Waals surface area (Å²) in [6, 6.07) is 0.0701. The highest BCUT2D eigenvalue weighted by molar-refractivity contribution is 5.97. The van der Waals surface area contributed by atoms with Crippen LogP contribution < -0.4 is 11.1 Å². The molecule has 2 unspecified atom stereocenters. The number of aryl methyl sites for hydroxylation is 1. The molecule has 1 saturated heterocycles. The number of hydrogen-bond donors (Lipinski definition) is 3. The van der Waals surface area contributed by atoms with E-state index in [1.807, 2.05) is 6.92 Å². The number of amides is 1. The lowest BCUT2D eigenvalue weighted by Gasteiger charge is -2.18. The van der Waals surface area contributed by atoms with Crippen LogP contribution in [0.3, 0.4) is 0 Å². The number of H-pyrrole nitrogens is 1. The number of nitrogens with one attached hydrogen (secondary N) is 2. The molecule has 2 rings (SSSR count). The van der Waals surface area contributed by atoms with Gasteiger partial charge >= 0.3 is 0 Å². The fourth-order valence-electron chi connectivity index (χ4n) is 2.34. The Morgan fingerprint density at radius 2 is 2.47 bits per heavy atom. The van der Waals surface area contributed by atoms with E-state index in [1.54, 1.807) is 0 Å². The van der Waals surface area contributed by atoms with Crippen molar-refractivity contribution in [3.8, 4) is 0 Å². The number of rotatable bonds is 5. The maximum absolute atomic E-state index is 12.1. The summed E-state index contributed by atoms with van der Waals surface area (Å²) < 4.78 is 5.33. The first-order valence-corrected chi connectivity index (χ1v) is 6.84. The summed E-state index contributed by atoms with van der Waals surface area (Å²) in [4.78, 5) is 12.1. The van der Waals surface area contributed by atoms with Crippen LogP contribution in [0.4, 0.5) is 5.69 Å². The molecule has 2 atom stereocenters. The number of carbonyl (C=O) groups is 1. The van der Waals surface area contributed by atoms with Gasteiger partial charge in [-0.15, -0.1) is 0 Å². The van der Waals surface area contributed by atoms with Gasteiger partial charge in [-0.1, -0.05) is 13.3 Å². The second-order valence-corrected chi connectivity index (χ2v) is 5.10.